The van der Waals surface area contributed by atoms with Crippen molar-refractivity contribution >= 4 is 51.7 Å². The molecule has 0 saturated carbocycles. The van der Waals surface area contributed by atoms with Crippen molar-refractivity contribution in [3.05, 3.63) is 64.8 Å². The lowest BCUT2D eigenvalue weighted by Gasteiger charge is -2.14. The Kier molecular flexibility index (Phi) is 4.69. The van der Waals surface area contributed by atoms with Gasteiger partial charge in [-0.15, -0.1) is 0 Å². The maximum Gasteiger partial charge on any atom is 0.270 e. The second-order valence-electron chi connectivity index (χ2n) is 5.48. The van der Waals surface area contributed by atoms with Crippen LogP contribution in [0.5, 0.6) is 0 Å². The molecule has 1 aliphatic rings. The summed E-state index contributed by atoms with van der Waals surface area (Å²) >= 11 is 6.51. The van der Waals surface area contributed by atoms with E-state index in [4.69, 9.17) is 12.2 Å². The minimum Gasteiger partial charge on any atom is -0.378 e. The van der Waals surface area contributed by atoms with Crippen molar-refractivity contribution < 1.29 is 9.18 Å². The van der Waals surface area contributed by atoms with Crippen molar-refractivity contribution in [3.63, 3.8) is 0 Å². The predicted molar refractivity (Wildman–Crippen MR) is 103 cm³/mol. The highest BCUT2D eigenvalue weighted by Gasteiger charge is 2.33. The van der Waals surface area contributed by atoms with Crippen molar-refractivity contribution in [2.75, 3.05) is 23.9 Å². The highest BCUT2D eigenvalue weighted by Crippen LogP contribution is 2.36. The normalized spacial score (nSPS) is 16.1. The number of anilines is 2. The van der Waals surface area contributed by atoms with Crippen LogP contribution in [0.15, 0.2) is 53.4 Å². The number of hydrogen-bond acceptors (Lipinski definition) is 4. The van der Waals surface area contributed by atoms with Crippen LogP contribution >= 0.6 is 24.0 Å². The standard InChI is InChI=1S/C18H15FN2OS2/c1-20(2)14-8-6-12(7-9-14)10-16-17(22)21(18(23)24-16)15-5-3-4-13(19)11-15/h3-11H,1-2H3/b16-10+. The van der Waals surface area contributed by atoms with Gasteiger partial charge in [-0.25, -0.2) is 4.39 Å². The summed E-state index contributed by atoms with van der Waals surface area (Å²) in [6.07, 6.45) is 1.80. The van der Waals surface area contributed by atoms with Crippen molar-refractivity contribution in [2.24, 2.45) is 0 Å². The molecule has 0 aliphatic carbocycles. The van der Waals surface area contributed by atoms with Gasteiger partial charge in [0, 0.05) is 19.8 Å². The molecule has 3 rings (SSSR count). The number of benzene rings is 2. The summed E-state index contributed by atoms with van der Waals surface area (Å²) in [6, 6.07) is 13.7. The van der Waals surface area contributed by atoms with Crippen LogP contribution in [0.3, 0.4) is 0 Å². The van der Waals surface area contributed by atoms with Gasteiger partial charge in [0.25, 0.3) is 5.91 Å². The number of hydrogen-bond donors (Lipinski definition) is 0. The number of halogens is 1. The summed E-state index contributed by atoms with van der Waals surface area (Å²) in [5.74, 6) is -0.628. The molecule has 0 unspecified atom stereocenters. The molecule has 2 aromatic carbocycles. The fourth-order valence-corrected chi connectivity index (χ4v) is 3.62. The fourth-order valence-electron chi connectivity index (χ4n) is 2.33. The number of carbonyl (C=O) groups is 1. The smallest absolute Gasteiger partial charge is 0.270 e. The minimum absolute atomic E-state index is 0.229. The first-order valence-corrected chi connectivity index (χ1v) is 8.49. The lowest BCUT2D eigenvalue weighted by molar-refractivity contribution is -0.113. The molecule has 122 valence electrons. The molecule has 1 amide bonds. The topological polar surface area (TPSA) is 23.6 Å². The molecule has 6 heteroatoms. The van der Waals surface area contributed by atoms with E-state index >= 15 is 0 Å². The highest BCUT2D eigenvalue weighted by molar-refractivity contribution is 8.27. The van der Waals surface area contributed by atoms with Crippen LogP contribution in [-0.2, 0) is 4.79 Å². The van der Waals surface area contributed by atoms with E-state index in [0.29, 0.717) is 14.9 Å². The molecule has 0 N–H and O–H groups in total. The zero-order chi connectivity index (χ0) is 17.3. The summed E-state index contributed by atoms with van der Waals surface area (Å²) < 4.78 is 13.8. The predicted octanol–water partition coefficient (Wildman–Crippen LogP) is 4.30. The summed E-state index contributed by atoms with van der Waals surface area (Å²) in [5.41, 5.74) is 2.45. The second kappa shape index (κ2) is 6.75. The van der Waals surface area contributed by atoms with Gasteiger partial charge in [-0.2, -0.15) is 0 Å². The van der Waals surface area contributed by atoms with Crippen LogP contribution in [0.2, 0.25) is 0 Å². The molecule has 24 heavy (non-hydrogen) atoms. The number of thiocarbonyl (C=S) groups is 1. The number of amides is 1. The summed E-state index contributed by atoms with van der Waals surface area (Å²) in [7, 11) is 3.94. The molecule has 2 aromatic rings. The Balaban J connectivity index is 1.88. The Morgan fingerprint density at radius 3 is 2.50 bits per heavy atom. The van der Waals surface area contributed by atoms with Crippen LogP contribution in [0, 0.1) is 5.82 Å². The van der Waals surface area contributed by atoms with E-state index in [1.165, 1.54) is 28.8 Å². The van der Waals surface area contributed by atoms with Gasteiger partial charge in [-0.05, 0) is 42.0 Å². The SMILES string of the molecule is CN(C)c1ccc(/C=C2/SC(=S)N(c3cccc(F)c3)C2=O)cc1. The van der Waals surface area contributed by atoms with E-state index in [-0.39, 0.29) is 5.91 Å². The number of thioether (sulfide) groups is 1. The van der Waals surface area contributed by atoms with Crippen molar-refractivity contribution in [3.8, 4) is 0 Å². The third kappa shape index (κ3) is 3.34. The Hall–Kier alpha value is -2.18. The Morgan fingerprint density at radius 2 is 1.88 bits per heavy atom. The Morgan fingerprint density at radius 1 is 1.17 bits per heavy atom. The number of carbonyl (C=O) groups excluding carboxylic acids is 1. The summed E-state index contributed by atoms with van der Waals surface area (Å²) in [6.45, 7) is 0. The molecule has 0 aromatic heterocycles. The molecule has 0 atom stereocenters. The van der Waals surface area contributed by atoms with Crippen LogP contribution in [0.1, 0.15) is 5.56 Å². The molecule has 3 nitrogen and oxygen atoms in total. The molecule has 1 fully saturated rings. The second-order valence-corrected chi connectivity index (χ2v) is 7.16. The third-order valence-corrected chi connectivity index (χ3v) is 4.87. The van der Waals surface area contributed by atoms with Crippen LogP contribution in [-0.4, -0.2) is 24.3 Å². The van der Waals surface area contributed by atoms with Crippen LogP contribution in [0.4, 0.5) is 15.8 Å². The maximum atomic E-state index is 13.4. The van der Waals surface area contributed by atoms with Crippen LogP contribution in [0.25, 0.3) is 6.08 Å². The first-order valence-electron chi connectivity index (χ1n) is 7.26. The molecule has 1 heterocycles. The van der Waals surface area contributed by atoms with Gasteiger partial charge in [-0.3, -0.25) is 9.69 Å². The first-order chi connectivity index (χ1) is 11.5. The maximum absolute atomic E-state index is 13.4. The average molecular weight is 358 g/mol. The van der Waals surface area contributed by atoms with E-state index in [1.54, 1.807) is 18.2 Å². The fraction of sp³-hybridized carbons (Fsp3) is 0.111. The van der Waals surface area contributed by atoms with Gasteiger partial charge >= 0.3 is 0 Å². The van der Waals surface area contributed by atoms with Crippen molar-refractivity contribution in [1.82, 2.24) is 0 Å². The zero-order valence-electron chi connectivity index (χ0n) is 13.2. The third-order valence-electron chi connectivity index (χ3n) is 3.57. The van der Waals surface area contributed by atoms with Gasteiger partial charge in [0.2, 0.25) is 0 Å². The van der Waals surface area contributed by atoms with Gasteiger partial charge in [-0.1, -0.05) is 42.2 Å². The van der Waals surface area contributed by atoms with Crippen molar-refractivity contribution in [2.45, 2.75) is 0 Å². The van der Waals surface area contributed by atoms with Gasteiger partial charge in [0.1, 0.15) is 5.82 Å². The summed E-state index contributed by atoms with van der Waals surface area (Å²) in [4.78, 5) is 16.5. The monoisotopic (exact) mass is 358 g/mol. The Bertz CT molecular complexity index is 831. The van der Waals surface area contributed by atoms with E-state index in [9.17, 15) is 9.18 Å². The average Bonchev–Trinajstić information content (AvgIpc) is 2.82. The molecular formula is C18H15FN2OS2. The van der Waals surface area contributed by atoms with E-state index in [2.05, 4.69) is 0 Å². The quantitative estimate of drug-likeness (QED) is 0.603. The van der Waals surface area contributed by atoms with E-state index in [1.807, 2.05) is 43.3 Å². The van der Waals surface area contributed by atoms with Gasteiger partial charge in [0.15, 0.2) is 4.32 Å². The number of nitrogens with zero attached hydrogens (tertiary/aromatic N) is 2. The molecule has 0 radical (unpaired) electrons. The molecule has 1 saturated heterocycles. The van der Waals surface area contributed by atoms with Gasteiger partial charge < -0.3 is 4.90 Å². The molecule has 0 spiro atoms. The highest BCUT2D eigenvalue weighted by atomic mass is 32.2. The lowest BCUT2D eigenvalue weighted by Crippen LogP contribution is -2.27. The molecule has 0 bridgehead atoms. The minimum atomic E-state index is -0.398. The molecular weight excluding hydrogens is 343 g/mol. The van der Waals surface area contributed by atoms with E-state index in [0.717, 1.165) is 11.3 Å². The number of rotatable bonds is 3. The Labute approximate surface area is 149 Å². The van der Waals surface area contributed by atoms with Crippen molar-refractivity contribution in [1.29, 1.82) is 0 Å². The largest absolute Gasteiger partial charge is 0.378 e. The zero-order valence-corrected chi connectivity index (χ0v) is 14.8. The lowest BCUT2D eigenvalue weighted by atomic mass is 10.2. The van der Waals surface area contributed by atoms with Crippen LogP contribution < -0.4 is 9.80 Å². The van der Waals surface area contributed by atoms with E-state index < -0.39 is 5.82 Å². The molecule has 1 aliphatic heterocycles. The van der Waals surface area contributed by atoms with Gasteiger partial charge in [0.05, 0.1) is 10.6 Å². The first kappa shape index (κ1) is 16.7. The summed E-state index contributed by atoms with van der Waals surface area (Å²) in [5, 5.41) is 0.